The molecule has 2 aliphatic heterocycles. The lowest BCUT2D eigenvalue weighted by atomic mass is 10.0. The van der Waals surface area contributed by atoms with Crippen molar-refractivity contribution in [2.24, 2.45) is 0 Å². The van der Waals surface area contributed by atoms with Gasteiger partial charge in [0.15, 0.2) is 0 Å². The minimum absolute atomic E-state index is 0.829. The molecule has 2 saturated heterocycles. The third-order valence-electron chi connectivity index (χ3n) is 3.11. The Morgan fingerprint density at radius 3 is 2.11 bits per heavy atom. The minimum atomic E-state index is -5.08. The molecule has 0 saturated carbocycles. The topological polar surface area (TPSA) is 61.8 Å². The third-order valence-corrected chi connectivity index (χ3v) is 3.11. The molecule has 19 heavy (non-hydrogen) atoms. The molecular weight excluding hydrogens is 265 g/mol. The van der Waals surface area contributed by atoms with E-state index in [4.69, 9.17) is 14.6 Å². The fraction of sp³-hybridized carbons (Fsp3) is 0.909. The second-order valence-electron chi connectivity index (χ2n) is 4.43. The lowest BCUT2D eigenvalue weighted by Gasteiger charge is -2.36. The summed E-state index contributed by atoms with van der Waals surface area (Å²) in [5.41, 5.74) is 0. The first-order valence-electron chi connectivity index (χ1n) is 6.24. The lowest BCUT2D eigenvalue weighted by Crippen LogP contribution is -2.47. The molecule has 0 radical (unpaired) electrons. The molecule has 112 valence electrons. The van der Waals surface area contributed by atoms with Crippen LogP contribution in [0.4, 0.5) is 13.2 Å². The van der Waals surface area contributed by atoms with Crippen LogP contribution in [0.5, 0.6) is 0 Å². The minimum Gasteiger partial charge on any atom is -0.475 e. The Morgan fingerprint density at radius 2 is 1.68 bits per heavy atom. The highest BCUT2D eigenvalue weighted by molar-refractivity contribution is 5.73. The first kappa shape index (κ1) is 16.2. The van der Waals surface area contributed by atoms with Gasteiger partial charge >= 0.3 is 12.1 Å². The van der Waals surface area contributed by atoms with Crippen LogP contribution < -0.4 is 5.32 Å². The molecular formula is C11H19F3N2O3. The molecule has 0 spiro atoms. The van der Waals surface area contributed by atoms with Gasteiger partial charge in [0.05, 0.1) is 13.2 Å². The van der Waals surface area contributed by atoms with Gasteiger partial charge in [0.1, 0.15) is 0 Å². The number of aliphatic carboxylic acids is 1. The van der Waals surface area contributed by atoms with E-state index >= 15 is 0 Å². The molecule has 2 aliphatic rings. The highest BCUT2D eigenvalue weighted by Crippen LogP contribution is 2.13. The van der Waals surface area contributed by atoms with Crippen molar-refractivity contribution >= 4 is 5.97 Å². The van der Waals surface area contributed by atoms with Gasteiger partial charge in [-0.1, -0.05) is 0 Å². The zero-order valence-corrected chi connectivity index (χ0v) is 10.6. The molecule has 2 fully saturated rings. The number of halogens is 3. The van der Waals surface area contributed by atoms with E-state index < -0.39 is 12.1 Å². The summed E-state index contributed by atoms with van der Waals surface area (Å²) >= 11 is 0. The maximum Gasteiger partial charge on any atom is 0.490 e. The Hall–Kier alpha value is -0.860. The number of hydrogen-bond donors (Lipinski definition) is 2. The van der Waals surface area contributed by atoms with Gasteiger partial charge in [0.25, 0.3) is 0 Å². The predicted octanol–water partition coefficient (Wildman–Crippen LogP) is 0.704. The fourth-order valence-electron chi connectivity index (χ4n) is 2.11. The summed E-state index contributed by atoms with van der Waals surface area (Å²) in [6, 6.07) is 0.829. The Labute approximate surface area is 109 Å². The number of nitrogens with zero attached hydrogens (tertiary/aromatic N) is 1. The van der Waals surface area contributed by atoms with Crippen molar-refractivity contribution in [2.75, 3.05) is 39.4 Å². The molecule has 2 rings (SSSR count). The average molecular weight is 284 g/mol. The Bertz CT molecular complexity index is 259. The molecule has 8 heteroatoms. The third kappa shape index (κ3) is 6.22. The van der Waals surface area contributed by atoms with Crippen molar-refractivity contribution in [3.8, 4) is 0 Å². The zero-order valence-electron chi connectivity index (χ0n) is 10.6. The lowest BCUT2D eigenvalue weighted by molar-refractivity contribution is -0.192. The van der Waals surface area contributed by atoms with E-state index in [9.17, 15) is 13.2 Å². The molecule has 0 aromatic rings. The number of ether oxygens (including phenoxy) is 1. The van der Waals surface area contributed by atoms with Gasteiger partial charge in [-0.2, -0.15) is 13.2 Å². The number of rotatable bonds is 1. The smallest absolute Gasteiger partial charge is 0.475 e. The largest absolute Gasteiger partial charge is 0.490 e. The fourth-order valence-corrected chi connectivity index (χ4v) is 2.11. The standard InChI is InChI=1S/C9H18N2O.C2HF3O2/c1-3-10-4-2-9(1)11-5-7-12-8-6-11;3-2(4,5)1(6)7/h9-10H,1-8H2;(H,6,7). The van der Waals surface area contributed by atoms with Crippen LogP contribution in [0.15, 0.2) is 0 Å². The van der Waals surface area contributed by atoms with Gasteiger partial charge in [-0.05, 0) is 25.9 Å². The highest BCUT2D eigenvalue weighted by atomic mass is 19.4. The van der Waals surface area contributed by atoms with Crippen molar-refractivity contribution in [1.82, 2.24) is 10.2 Å². The average Bonchev–Trinajstić information content (AvgIpc) is 2.40. The molecule has 0 aliphatic carbocycles. The van der Waals surface area contributed by atoms with Gasteiger partial charge < -0.3 is 15.2 Å². The number of hydrogen-bond acceptors (Lipinski definition) is 4. The number of morpholine rings is 1. The first-order chi connectivity index (χ1) is 8.91. The molecule has 2 heterocycles. The summed E-state index contributed by atoms with van der Waals surface area (Å²) in [4.78, 5) is 11.5. The first-order valence-corrected chi connectivity index (χ1v) is 6.24. The number of carboxylic acids is 1. The Balaban J connectivity index is 0.000000224. The van der Waals surface area contributed by atoms with Gasteiger partial charge in [-0.15, -0.1) is 0 Å². The predicted molar refractivity (Wildman–Crippen MR) is 62.0 cm³/mol. The summed E-state index contributed by atoms with van der Waals surface area (Å²) in [7, 11) is 0. The van der Waals surface area contributed by atoms with E-state index in [1.54, 1.807) is 0 Å². The van der Waals surface area contributed by atoms with Crippen LogP contribution in [0.25, 0.3) is 0 Å². The van der Waals surface area contributed by atoms with E-state index in [1.807, 2.05) is 0 Å². The van der Waals surface area contributed by atoms with Crippen molar-refractivity contribution in [1.29, 1.82) is 0 Å². The van der Waals surface area contributed by atoms with E-state index in [1.165, 1.54) is 25.9 Å². The maximum absolute atomic E-state index is 10.6. The van der Waals surface area contributed by atoms with Crippen LogP contribution in [-0.2, 0) is 9.53 Å². The molecule has 0 unspecified atom stereocenters. The van der Waals surface area contributed by atoms with Crippen LogP contribution in [0.1, 0.15) is 12.8 Å². The van der Waals surface area contributed by atoms with E-state index in [0.717, 1.165) is 32.3 Å². The highest BCUT2D eigenvalue weighted by Gasteiger charge is 2.38. The van der Waals surface area contributed by atoms with E-state index in [0.29, 0.717) is 0 Å². The second kappa shape index (κ2) is 7.66. The van der Waals surface area contributed by atoms with Crippen LogP contribution in [0, 0.1) is 0 Å². The number of carbonyl (C=O) groups is 1. The van der Waals surface area contributed by atoms with E-state index in [-0.39, 0.29) is 0 Å². The van der Waals surface area contributed by atoms with Crippen molar-refractivity contribution in [2.45, 2.75) is 25.1 Å². The second-order valence-corrected chi connectivity index (χ2v) is 4.43. The van der Waals surface area contributed by atoms with E-state index in [2.05, 4.69) is 10.2 Å². The summed E-state index contributed by atoms with van der Waals surface area (Å²) in [5, 5.41) is 10.5. The molecule has 5 nitrogen and oxygen atoms in total. The molecule has 0 aromatic heterocycles. The number of carboxylic acid groups (broad SMARTS) is 1. The van der Waals surface area contributed by atoms with Crippen LogP contribution in [0.3, 0.4) is 0 Å². The number of piperidine rings is 1. The maximum atomic E-state index is 10.6. The Kier molecular flexibility index (Phi) is 6.53. The molecule has 0 aromatic carbocycles. The summed E-state index contributed by atoms with van der Waals surface area (Å²) in [5.74, 6) is -2.76. The van der Waals surface area contributed by atoms with Crippen molar-refractivity contribution in [3.63, 3.8) is 0 Å². The quantitative estimate of drug-likeness (QED) is 0.742. The van der Waals surface area contributed by atoms with Crippen molar-refractivity contribution < 1.29 is 27.8 Å². The van der Waals surface area contributed by atoms with Crippen molar-refractivity contribution in [3.05, 3.63) is 0 Å². The van der Waals surface area contributed by atoms with Crippen LogP contribution in [-0.4, -0.2) is 67.6 Å². The van der Waals surface area contributed by atoms with Gasteiger partial charge in [0.2, 0.25) is 0 Å². The monoisotopic (exact) mass is 284 g/mol. The summed E-state index contributed by atoms with van der Waals surface area (Å²) in [6.07, 6.45) is -2.44. The van der Waals surface area contributed by atoms with Gasteiger partial charge in [0, 0.05) is 19.1 Å². The summed E-state index contributed by atoms with van der Waals surface area (Å²) in [6.45, 7) is 6.55. The molecule has 2 N–H and O–H groups in total. The SMILES string of the molecule is C1CC(N2CCOCC2)CCN1.O=C(O)C(F)(F)F. The number of alkyl halides is 3. The normalized spacial score (nSPS) is 22.5. The molecule has 0 amide bonds. The summed E-state index contributed by atoms with van der Waals surface area (Å²) < 4.78 is 37.1. The number of nitrogens with one attached hydrogen (secondary N) is 1. The van der Waals surface area contributed by atoms with Gasteiger partial charge in [-0.25, -0.2) is 4.79 Å². The molecule has 0 bridgehead atoms. The zero-order chi connectivity index (χ0) is 14.3. The Morgan fingerprint density at radius 1 is 1.21 bits per heavy atom. The van der Waals surface area contributed by atoms with Crippen LogP contribution in [0.2, 0.25) is 0 Å². The van der Waals surface area contributed by atoms with Gasteiger partial charge in [-0.3, -0.25) is 4.90 Å². The molecule has 0 atom stereocenters. The van der Waals surface area contributed by atoms with Crippen LogP contribution >= 0.6 is 0 Å².